The average molecular weight is 408 g/mol. The van der Waals surface area contributed by atoms with E-state index in [0.717, 1.165) is 39.1 Å². The molecule has 0 saturated carbocycles. The number of aromatic nitrogens is 4. The topological polar surface area (TPSA) is 102 Å². The highest BCUT2D eigenvalue weighted by molar-refractivity contribution is 5.91. The number of nitrogens with zero attached hydrogens (tertiary/aromatic N) is 3. The van der Waals surface area contributed by atoms with E-state index in [0.29, 0.717) is 18.3 Å². The zero-order valence-electron chi connectivity index (χ0n) is 16.6. The third kappa shape index (κ3) is 4.16. The fourth-order valence-corrected chi connectivity index (χ4v) is 3.27. The molecule has 7 nitrogen and oxygen atoms in total. The molecule has 0 saturated heterocycles. The summed E-state index contributed by atoms with van der Waals surface area (Å²) < 4.78 is 5.82. The van der Waals surface area contributed by atoms with Gasteiger partial charge in [0.15, 0.2) is 5.82 Å². The molecule has 7 heteroatoms. The van der Waals surface area contributed by atoms with E-state index in [1.54, 1.807) is 12.4 Å². The molecule has 0 fully saturated rings. The third-order valence-electron chi connectivity index (χ3n) is 4.93. The maximum absolute atomic E-state index is 5.83. The Balaban J connectivity index is 1.21. The second kappa shape index (κ2) is 8.16. The number of hydrogen-bond donors (Lipinski definition) is 3. The van der Waals surface area contributed by atoms with E-state index >= 15 is 0 Å². The van der Waals surface area contributed by atoms with Crippen LogP contribution < -0.4 is 15.8 Å². The average Bonchev–Trinajstić information content (AvgIpc) is 3.20. The molecule has 2 aromatic heterocycles. The molecule has 0 aliphatic heterocycles. The maximum Gasteiger partial charge on any atom is 0.222 e. The predicted octanol–water partition coefficient (Wildman–Crippen LogP) is 5.01. The summed E-state index contributed by atoms with van der Waals surface area (Å²) >= 11 is 0. The van der Waals surface area contributed by atoms with Crippen LogP contribution in [0.15, 0.2) is 85.2 Å². The van der Waals surface area contributed by atoms with Crippen LogP contribution in [-0.2, 0) is 6.54 Å². The largest absolute Gasteiger partial charge is 0.457 e. The third-order valence-corrected chi connectivity index (χ3v) is 4.93. The van der Waals surface area contributed by atoms with Gasteiger partial charge < -0.3 is 15.8 Å². The van der Waals surface area contributed by atoms with Crippen molar-refractivity contribution in [3.05, 3.63) is 90.8 Å². The molecule has 0 radical (unpaired) electrons. The lowest BCUT2D eigenvalue weighted by atomic mass is 10.1. The second-order valence-electron chi connectivity index (χ2n) is 7.08. The van der Waals surface area contributed by atoms with Crippen LogP contribution in [0.25, 0.3) is 22.0 Å². The Bertz CT molecular complexity index is 1300. The van der Waals surface area contributed by atoms with Crippen LogP contribution >= 0.6 is 0 Å². The van der Waals surface area contributed by atoms with Crippen molar-refractivity contribution in [3.8, 4) is 22.6 Å². The molecule has 0 atom stereocenters. The van der Waals surface area contributed by atoms with E-state index in [4.69, 9.17) is 10.5 Å². The van der Waals surface area contributed by atoms with Gasteiger partial charge in [-0.3, -0.25) is 5.10 Å². The normalized spacial score (nSPS) is 10.8. The molecular formula is C24H20N6O. The summed E-state index contributed by atoms with van der Waals surface area (Å²) in [6.07, 6.45) is 3.60. The van der Waals surface area contributed by atoms with Crippen LogP contribution in [0.2, 0.25) is 0 Å². The Morgan fingerprint density at radius 1 is 0.839 bits per heavy atom. The van der Waals surface area contributed by atoms with Gasteiger partial charge in [0.25, 0.3) is 0 Å². The Kier molecular flexibility index (Phi) is 4.90. The molecular weight excluding hydrogens is 388 g/mol. The standard InChI is InChI=1S/C24H20N6O/c25-23-21-11-8-17(12-22(21)29-30-23)18-14-27-24(28-15-18)26-13-16-6-9-20(10-7-16)31-19-4-2-1-3-5-19/h1-12,14-15H,13H2,(H3,25,29,30)(H,26,27,28). The van der Waals surface area contributed by atoms with Gasteiger partial charge in [0.05, 0.1) is 5.52 Å². The second-order valence-corrected chi connectivity index (χ2v) is 7.08. The number of nitrogens with one attached hydrogen (secondary N) is 2. The lowest BCUT2D eigenvalue weighted by Gasteiger charge is -2.08. The molecule has 0 spiro atoms. The van der Waals surface area contributed by atoms with Gasteiger partial charge in [-0.05, 0) is 47.5 Å². The minimum atomic E-state index is 0.497. The number of hydrogen-bond acceptors (Lipinski definition) is 6. The van der Waals surface area contributed by atoms with E-state index in [9.17, 15) is 0 Å². The first kappa shape index (κ1) is 18.6. The zero-order valence-corrected chi connectivity index (χ0v) is 16.6. The summed E-state index contributed by atoms with van der Waals surface area (Å²) in [5, 5.41) is 11.1. The molecule has 2 heterocycles. The lowest BCUT2D eigenvalue weighted by Crippen LogP contribution is -2.03. The van der Waals surface area contributed by atoms with Gasteiger partial charge >= 0.3 is 0 Å². The molecule has 0 unspecified atom stereocenters. The zero-order chi connectivity index (χ0) is 21.0. The molecule has 31 heavy (non-hydrogen) atoms. The van der Waals surface area contributed by atoms with Gasteiger partial charge in [-0.25, -0.2) is 9.97 Å². The van der Waals surface area contributed by atoms with E-state index in [1.807, 2.05) is 72.8 Å². The van der Waals surface area contributed by atoms with Crippen molar-refractivity contribution < 1.29 is 4.74 Å². The van der Waals surface area contributed by atoms with Crippen LogP contribution in [0.1, 0.15) is 5.56 Å². The van der Waals surface area contributed by atoms with Crippen LogP contribution in [0.3, 0.4) is 0 Å². The highest BCUT2D eigenvalue weighted by Gasteiger charge is 2.06. The summed E-state index contributed by atoms with van der Waals surface area (Å²) in [5.74, 6) is 2.68. The van der Waals surface area contributed by atoms with Crippen LogP contribution in [0.5, 0.6) is 11.5 Å². The fourth-order valence-electron chi connectivity index (χ4n) is 3.27. The number of rotatable bonds is 6. The summed E-state index contributed by atoms with van der Waals surface area (Å²) in [4.78, 5) is 8.86. The lowest BCUT2D eigenvalue weighted by molar-refractivity contribution is 0.482. The van der Waals surface area contributed by atoms with Crippen molar-refractivity contribution in [3.63, 3.8) is 0 Å². The molecule has 3 aromatic carbocycles. The van der Waals surface area contributed by atoms with Gasteiger partial charge in [-0.1, -0.05) is 36.4 Å². The monoisotopic (exact) mass is 408 g/mol. The predicted molar refractivity (Wildman–Crippen MR) is 122 cm³/mol. The molecule has 0 aliphatic rings. The number of nitrogen functional groups attached to an aromatic ring is 1. The summed E-state index contributed by atoms with van der Waals surface area (Å²) in [6.45, 7) is 0.615. The molecule has 152 valence electrons. The highest BCUT2D eigenvalue weighted by Crippen LogP contribution is 2.25. The number of ether oxygens (including phenoxy) is 1. The Labute approximate surface area is 178 Å². The minimum absolute atomic E-state index is 0.497. The Morgan fingerprint density at radius 3 is 2.35 bits per heavy atom. The quantitative estimate of drug-likeness (QED) is 0.365. The highest BCUT2D eigenvalue weighted by atomic mass is 16.5. The SMILES string of the molecule is Nc1n[nH]c2cc(-c3cnc(NCc4ccc(Oc5ccccc5)cc4)nc3)ccc12. The van der Waals surface area contributed by atoms with Crippen molar-refractivity contribution in [2.45, 2.75) is 6.54 Å². The van der Waals surface area contributed by atoms with Gasteiger partial charge in [0.1, 0.15) is 11.5 Å². The van der Waals surface area contributed by atoms with E-state index in [2.05, 4.69) is 25.5 Å². The van der Waals surface area contributed by atoms with Gasteiger partial charge in [0, 0.05) is 29.9 Å². The first-order valence-corrected chi connectivity index (χ1v) is 9.86. The summed E-state index contributed by atoms with van der Waals surface area (Å²) in [7, 11) is 0. The van der Waals surface area contributed by atoms with Crippen molar-refractivity contribution in [2.75, 3.05) is 11.1 Å². The first-order chi connectivity index (χ1) is 15.2. The smallest absolute Gasteiger partial charge is 0.222 e. The van der Waals surface area contributed by atoms with Crippen molar-refractivity contribution in [1.29, 1.82) is 0 Å². The Morgan fingerprint density at radius 2 is 1.58 bits per heavy atom. The molecule has 0 amide bonds. The van der Waals surface area contributed by atoms with Gasteiger partial charge in [-0.15, -0.1) is 0 Å². The van der Waals surface area contributed by atoms with Crippen molar-refractivity contribution >= 4 is 22.7 Å². The molecule has 5 rings (SSSR count). The van der Waals surface area contributed by atoms with E-state index in [1.165, 1.54) is 0 Å². The molecule has 0 bridgehead atoms. The van der Waals surface area contributed by atoms with Crippen molar-refractivity contribution in [2.24, 2.45) is 0 Å². The molecule has 5 aromatic rings. The number of anilines is 2. The Hall–Kier alpha value is -4.39. The fraction of sp³-hybridized carbons (Fsp3) is 0.0417. The number of benzene rings is 3. The molecule has 4 N–H and O–H groups in total. The van der Waals surface area contributed by atoms with E-state index < -0.39 is 0 Å². The van der Waals surface area contributed by atoms with Crippen LogP contribution in [0.4, 0.5) is 11.8 Å². The number of fused-ring (bicyclic) bond motifs is 1. The first-order valence-electron chi connectivity index (χ1n) is 9.86. The summed E-state index contributed by atoms with van der Waals surface area (Å²) in [6, 6.07) is 23.6. The number of H-pyrrole nitrogens is 1. The summed E-state index contributed by atoms with van der Waals surface area (Å²) in [5.41, 5.74) is 9.74. The van der Waals surface area contributed by atoms with Gasteiger partial charge in [-0.2, -0.15) is 5.10 Å². The van der Waals surface area contributed by atoms with Gasteiger partial charge in [0.2, 0.25) is 5.95 Å². The maximum atomic E-state index is 5.83. The molecule has 0 aliphatic carbocycles. The van der Waals surface area contributed by atoms with Crippen LogP contribution in [0, 0.1) is 0 Å². The minimum Gasteiger partial charge on any atom is -0.457 e. The van der Waals surface area contributed by atoms with Crippen LogP contribution in [-0.4, -0.2) is 20.2 Å². The number of nitrogens with two attached hydrogens (primary N) is 1. The van der Waals surface area contributed by atoms with E-state index in [-0.39, 0.29) is 0 Å². The van der Waals surface area contributed by atoms with Crippen molar-refractivity contribution in [1.82, 2.24) is 20.2 Å². The number of aromatic amines is 1. The number of para-hydroxylation sites is 1.